The monoisotopic (exact) mass is 303 g/mol. The summed E-state index contributed by atoms with van der Waals surface area (Å²) in [7, 11) is 1.69. The van der Waals surface area contributed by atoms with Gasteiger partial charge in [0.25, 0.3) is 5.56 Å². The van der Waals surface area contributed by atoms with Gasteiger partial charge in [0.05, 0.1) is 0 Å². The molecular weight excluding hydrogens is 296 g/mol. The summed E-state index contributed by atoms with van der Waals surface area (Å²) in [5.74, 6) is -0.316. The summed E-state index contributed by atoms with van der Waals surface area (Å²) in [4.78, 5) is 11.6. The van der Waals surface area contributed by atoms with Crippen molar-refractivity contribution in [1.82, 2.24) is 4.57 Å². The summed E-state index contributed by atoms with van der Waals surface area (Å²) in [5, 5.41) is 1.23. The molecule has 4 heteroatoms. The molecule has 0 aliphatic carbocycles. The van der Waals surface area contributed by atoms with Crippen molar-refractivity contribution >= 4 is 33.4 Å². The fraction of sp³-hybridized carbons (Fsp3) is 0.100. The molecule has 0 unspecified atom stereocenters. The lowest BCUT2D eigenvalue weighted by molar-refractivity contribution is 0.629. The summed E-state index contributed by atoms with van der Waals surface area (Å²) in [6, 6.07) is 4.22. The van der Waals surface area contributed by atoms with E-state index in [1.54, 1.807) is 13.2 Å². The number of hydrogen-bond acceptors (Lipinski definition) is 1. The van der Waals surface area contributed by atoms with Gasteiger partial charge in [0.15, 0.2) is 0 Å². The van der Waals surface area contributed by atoms with Gasteiger partial charge in [-0.2, -0.15) is 0 Å². The van der Waals surface area contributed by atoms with E-state index >= 15 is 0 Å². The zero-order chi connectivity index (χ0) is 10.3. The number of rotatable bonds is 0. The summed E-state index contributed by atoms with van der Waals surface area (Å²) in [6.45, 7) is 0. The third-order valence-corrected chi connectivity index (χ3v) is 2.96. The molecule has 0 atom stereocenters. The molecule has 0 bridgehead atoms. The van der Waals surface area contributed by atoms with Crippen molar-refractivity contribution < 1.29 is 4.39 Å². The summed E-state index contributed by atoms with van der Waals surface area (Å²) < 4.78 is 15.3. The Morgan fingerprint density at radius 2 is 2.07 bits per heavy atom. The van der Waals surface area contributed by atoms with Gasteiger partial charge in [-0.15, -0.1) is 0 Å². The molecule has 0 radical (unpaired) electrons. The highest BCUT2D eigenvalue weighted by Gasteiger charge is 2.05. The van der Waals surface area contributed by atoms with Gasteiger partial charge < -0.3 is 4.57 Å². The van der Waals surface area contributed by atoms with E-state index in [0.717, 1.165) is 3.57 Å². The van der Waals surface area contributed by atoms with E-state index in [0.29, 0.717) is 10.8 Å². The number of benzene rings is 1. The SMILES string of the molecule is Cn1cc(I)c2cc(F)ccc2c1=O. The van der Waals surface area contributed by atoms with Crippen LogP contribution in [0.1, 0.15) is 0 Å². The average molecular weight is 303 g/mol. The molecule has 1 aromatic heterocycles. The fourth-order valence-corrected chi connectivity index (χ4v) is 2.25. The van der Waals surface area contributed by atoms with Crippen LogP contribution in [0.4, 0.5) is 4.39 Å². The minimum atomic E-state index is -0.316. The zero-order valence-electron chi connectivity index (χ0n) is 7.42. The number of halogens is 2. The third kappa shape index (κ3) is 1.43. The van der Waals surface area contributed by atoms with Crippen LogP contribution in [0.5, 0.6) is 0 Å². The molecule has 0 aliphatic heterocycles. The van der Waals surface area contributed by atoms with Crippen molar-refractivity contribution in [2.24, 2.45) is 7.05 Å². The molecule has 2 nitrogen and oxygen atoms in total. The lowest BCUT2D eigenvalue weighted by Gasteiger charge is -2.03. The summed E-state index contributed by atoms with van der Waals surface area (Å²) >= 11 is 2.09. The number of pyridine rings is 1. The molecule has 0 fully saturated rings. The van der Waals surface area contributed by atoms with Crippen molar-refractivity contribution in [1.29, 1.82) is 0 Å². The first-order chi connectivity index (χ1) is 6.59. The second kappa shape index (κ2) is 3.34. The van der Waals surface area contributed by atoms with E-state index in [-0.39, 0.29) is 11.4 Å². The van der Waals surface area contributed by atoms with Crippen LogP contribution in [0.3, 0.4) is 0 Å². The van der Waals surface area contributed by atoms with E-state index in [2.05, 4.69) is 22.6 Å². The summed E-state index contributed by atoms with van der Waals surface area (Å²) in [5.41, 5.74) is -0.0968. The predicted octanol–water partition coefficient (Wildman–Crippen LogP) is 2.28. The predicted molar refractivity (Wildman–Crippen MR) is 61.9 cm³/mol. The Kier molecular flexibility index (Phi) is 2.30. The second-order valence-electron chi connectivity index (χ2n) is 3.08. The van der Waals surface area contributed by atoms with E-state index < -0.39 is 0 Å². The Hall–Kier alpha value is -0.910. The van der Waals surface area contributed by atoms with Crippen molar-refractivity contribution in [3.63, 3.8) is 0 Å². The van der Waals surface area contributed by atoms with Gasteiger partial charge in [-0.25, -0.2) is 4.39 Å². The first-order valence-corrected chi connectivity index (χ1v) is 5.12. The highest BCUT2D eigenvalue weighted by molar-refractivity contribution is 14.1. The fourth-order valence-electron chi connectivity index (χ4n) is 1.39. The number of nitrogens with zero attached hydrogens (tertiary/aromatic N) is 1. The molecule has 0 saturated carbocycles. The molecule has 0 saturated heterocycles. The minimum absolute atomic E-state index is 0.0968. The van der Waals surface area contributed by atoms with Gasteiger partial charge in [0, 0.05) is 27.6 Å². The van der Waals surface area contributed by atoms with Gasteiger partial charge in [0.2, 0.25) is 0 Å². The number of hydrogen-bond donors (Lipinski definition) is 0. The molecule has 2 rings (SSSR count). The van der Waals surface area contributed by atoms with Gasteiger partial charge in [-0.1, -0.05) is 0 Å². The highest BCUT2D eigenvalue weighted by atomic mass is 127. The second-order valence-corrected chi connectivity index (χ2v) is 4.25. The number of aromatic nitrogens is 1. The summed E-state index contributed by atoms with van der Waals surface area (Å²) in [6.07, 6.45) is 1.70. The molecule has 0 aliphatic rings. The van der Waals surface area contributed by atoms with Crippen LogP contribution >= 0.6 is 22.6 Å². The zero-order valence-corrected chi connectivity index (χ0v) is 9.58. The molecule has 72 valence electrons. The average Bonchev–Trinajstić information content (AvgIpc) is 2.14. The van der Waals surface area contributed by atoms with Gasteiger partial charge in [0.1, 0.15) is 5.82 Å². The quantitative estimate of drug-likeness (QED) is 0.684. The molecule has 14 heavy (non-hydrogen) atoms. The van der Waals surface area contributed by atoms with E-state index in [9.17, 15) is 9.18 Å². The maximum Gasteiger partial charge on any atom is 0.258 e. The largest absolute Gasteiger partial charge is 0.317 e. The maximum atomic E-state index is 12.9. The molecule has 0 spiro atoms. The Bertz CT molecular complexity index is 562. The lowest BCUT2D eigenvalue weighted by atomic mass is 10.2. The number of fused-ring (bicyclic) bond motifs is 1. The molecular formula is C10H7FINO. The lowest BCUT2D eigenvalue weighted by Crippen LogP contribution is -2.16. The van der Waals surface area contributed by atoms with Crippen LogP contribution in [0.2, 0.25) is 0 Å². The maximum absolute atomic E-state index is 12.9. The van der Waals surface area contributed by atoms with E-state index in [4.69, 9.17) is 0 Å². The topological polar surface area (TPSA) is 22.0 Å². The van der Waals surface area contributed by atoms with Gasteiger partial charge in [-0.3, -0.25) is 4.79 Å². The van der Waals surface area contributed by atoms with E-state index in [1.165, 1.54) is 22.8 Å². The van der Waals surface area contributed by atoms with Crippen LogP contribution in [-0.4, -0.2) is 4.57 Å². The Labute approximate surface area is 93.5 Å². The highest BCUT2D eigenvalue weighted by Crippen LogP contribution is 2.18. The van der Waals surface area contributed by atoms with Gasteiger partial charge >= 0.3 is 0 Å². The molecule has 2 aromatic rings. The molecule has 1 heterocycles. The van der Waals surface area contributed by atoms with Crippen LogP contribution in [0.25, 0.3) is 10.8 Å². The first kappa shape index (κ1) is 9.64. The van der Waals surface area contributed by atoms with Crippen LogP contribution in [0.15, 0.2) is 29.2 Å². The molecule has 0 amide bonds. The van der Waals surface area contributed by atoms with Crippen LogP contribution < -0.4 is 5.56 Å². The smallest absolute Gasteiger partial charge is 0.258 e. The van der Waals surface area contributed by atoms with Crippen LogP contribution in [-0.2, 0) is 7.05 Å². The van der Waals surface area contributed by atoms with Crippen molar-refractivity contribution in [3.8, 4) is 0 Å². The van der Waals surface area contributed by atoms with Gasteiger partial charge in [-0.05, 0) is 40.8 Å². The third-order valence-electron chi connectivity index (χ3n) is 2.10. The van der Waals surface area contributed by atoms with Crippen LogP contribution in [0, 0.1) is 9.39 Å². The molecule has 1 aromatic carbocycles. The van der Waals surface area contributed by atoms with E-state index in [1.807, 2.05) is 0 Å². The number of aryl methyl sites for hydroxylation is 1. The standard InChI is InChI=1S/C10H7FINO/c1-13-5-9(12)8-4-6(11)2-3-7(8)10(13)14/h2-5H,1H3. The Morgan fingerprint density at radius 1 is 1.36 bits per heavy atom. The Morgan fingerprint density at radius 3 is 2.79 bits per heavy atom. The Balaban J connectivity index is 3.02. The first-order valence-electron chi connectivity index (χ1n) is 4.04. The van der Waals surface area contributed by atoms with Crippen molar-refractivity contribution in [2.45, 2.75) is 0 Å². The van der Waals surface area contributed by atoms with Crippen molar-refractivity contribution in [3.05, 3.63) is 44.1 Å². The molecule has 0 N–H and O–H groups in total. The van der Waals surface area contributed by atoms with Crippen molar-refractivity contribution in [2.75, 3.05) is 0 Å². The minimum Gasteiger partial charge on any atom is -0.317 e. The normalized spacial score (nSPS) is 10.8.